The predicted molar refractivity (Wildman–Crippen MR) is 137 cm³/mol. The van der Waals surface area contributed by atoms with Gasteiger partial charge in [0, 0.05) is 19.7 Å². The van der Waals surface area contributed by atoms with Crippen LogP contribution in [0.4, 0.5) is 10.6 Å². The van der Waals surface area contributed by atoms with Crippen molar-refractivity contribution < 1.29 is 24.2 Å². The molecule has 37 heavy (non-hydrogen) atoms. The van der Waals surface area contributed by atoms with Crippen molar-refractivity contribution in [2.24, 2.45) is 20.0 Å². The van der Waals surface area contributed by atoms with E-state index in [1.807, 2.05) is 30.3 Å². The Kier molecular flexibility index (Phi) is 7.47. The number of carboxylic acids is 1. The Labute approximate surface area is 213 Å². The SMILES string of the molecule is CC(OC(=O)Nc1c(-c2ccc(C(=O)NC(CC3CC3)C(=O)O)cc2)c(=O)n(C)n1C)c1ccccc1. The molecule has 2 atom stereocenters. The number of aliphatic carboxylic acids is 1. The Morgan fingerprint density at radius 2 is 1.68 bits per heavy atom. The van der Waals surface area contributed by atoms with Crippen LogP contribution in [0.25, 0.3) is 11.1 Å². The minimum Gasteiger partial charge on any atom is -0.480 e. The van der Waals surface area contributed by atoms with Gasteiger partial charge in [0.2, 0.25) is 0 Å². The van der Waals surface area contributed by atoms with Gasteiger partial charge in [-0.3, -0.25) is 24.3 Å². The summed E-state index contributed by atoms with van der Waals surface area (Å²) in [6, 6.07) is 14.6. The number of hydrogen-bond donors (Lipinski definition) is 3. The summed E-state index contributed by atoms with van der Waals surface area (Å²) in [5.74, 6) is -0.983. The molecular weight excluding hydrogens is 476 g/mol. The number of nitrogens with zero attached hydrogens (tertiary/aromatic N) is 2. The molecule has 0 saturated heterocycles. The number of carbonyl (C=O) groups is 3. The minimum absolute atomic E-state index is 0.235. The van der Waals surface area contributed by atoms with Gasteiger partial charge in [-0.15, -0.1) is 0 Å². The molecule has 3 aromatic rings. The first-order chi connectivity index (χ1) is 17.7. The molecule has 2 aromatic carbocycles. The Morgan fingerprint density at radius 1 is 1.03 bits per heavy atom. The number of hydrogen-bond acceptors (Lipinski definition) is 5. The molecule has 1 saturated carbocycles. The van der Waals surface area contributed by atoms with E-state index < -0.39 is 30.1 Å². The van der Waals surface area contributed by atoms with Crippen molar-refractivity contribution in [2.45, 2.75) is 38.3 Å². The molecule has 10 nitrogen and oxygen atoms in total. The molecule has 1 heterocycles. The highest BCUT2D eigenvalue weighted by Crippen LogP contribution is 2.33. The zero-order chi connectivity index (χ0) is 26.7. The third-order valence-electron chi connectivity index (χ3n) is 6.60. The molecule has 1 aliphatic carbocycles. The summed E-state index contributed by atoms with van der Waals surface area (Å²) in [6.07, 6.45) is 1.15. The molecule has 0 radical (unpaired) electrons. The van der Waals surface area contributed by atoms with Gasteiger partial charge in [0.25, 0.3) is 11.5 Å². The van der Waals surface area contributed by atoms with Gasteiger partial charge < -0.3 is 15.2 Å². The number of aromatic nitrogens is 2. The average molecular weight is 507 g/mol. The quantitative estimate of drug-likeness (QED) is 0.406. The van der Waals surface area contributed by atoms with Crippen LogP contribution < -0.4 is 16.2 Å². The summed E-state index contributed by atoms with van der Waals surface area (Å²) in [6.45, 7) is 1.75. The fourth-order valence-corrected chi connectivity index (χ4v) is 4.13. The van der Waals surface area contributed by atoms with E-state index in [0.29, 0.717) is 17.9 Å². The van der Waals surface area contributed by atoms with Crippen LogP contribution in [-0.2, 0) is 23.6 Å². The molecule has 1 aliphatic rings. The molecule has 1 fully saturated rings. The molecule has 0 bridgehead atoms. The maximum Gasteiger partial charge on any atom is 0.413 e. The van der Waals surface area contributed by atoms with Crippen molar-refractivity contribution in [1.82, 2.24) is 14.7 Å². The van der Waals surface area contributed by atoms with Gasteiger partial charge in [-0.25, -0.2) is 9.59 Å². The van der Waals surface area contributed by atoms with Gasteiger partial charge in [0.1, 0.15) is 18.0 Å². The fourth-order valence-electron chi connectivity index (χ4n) is 4.13. The Morgan fingerprint density at radius 3 is 2.27 bits per heavy atom. The smallest absolute Gasteiger partial charge is 0.413 e. The number of anilines is 1. The first-order valence-corrected chi connectivity index (χ1v) is 12.1. The van der Waals surface area contributed by atoms with E-state index in [2.05, 4.69) is 10.6 Å². The minimum atomic E-state index is -1.06. The van der Waals surface area contributed by atoms with E-state index in [9.17, 15) is 24.3 Å². The lowest BCUT2D eigenvalue weighted by atomic mass is 10.0. The highest BCUT2D eigenvalue weighted by molar-refractivity contribution is 5.97. The lowest BCUT2D eigenvalue weighted by Gasteiger charge is -2.15. The second kappa shape index (κ2) is 10.7. The molecule has 0 spiro atoms. The number of amides is 2. The third-order valence-corrected chi connectivity index (χ3v) is 6.60. The summed E-state index contributed by atoms with van der Waals surface area (Å²) >= 11 is 0. The van der Waals surface area contributed by atoms with Crippen molar-refractivity contribution >= 4 is 23.8 Å². The lowest BCUT2D eigenvalue weighted by molar-refractivity contribution is -0.139. The van der Waals surface area contributed by atoms with Gasteiger partial charge in [0.05, 0.1) is 5.56 Å². The monoisotopic (exact) mass is 506 g/mol. The van der Waals surface area contributed by atoms with E-state index in [0.717, 1.165) is 18.4 Å². The molecular formula is C27H30N4O6. The lowest BCUT2D eigenvalue weighted by Crippen LogP contribution is -2.41. The predicted octanol–water partition coefficient (Wildman–Crippen LogP) is 3.68. The Bertz CT molecular complexity index is 1360. The van der Waals surface area contributed by atoms with Crippen LogP contribution in [0.5, 0.6) is 0 Å². The number of carbonyl (C=O) groups excluding carboxylic acids is 2. The summed E-state index contributed by atoms with van der Waals surface area (Å²) in [5.41, 5.74) is 1.47. The normalized spacial score (nSPS) is 14.5. The Hall–Kier alpha value is -4.34. The van der Waals surface area contributed by atoms with Crippen LogP contribution in [0.2, 0.25) is 0 Å². The molecule has 1 aromatic heterocycles. The van der Waals surface area contributed by atoms with Gasteiger partial charge in [-0.2, -0.15) is 0 Å². The van der Waals surface area contributed by atoms with Crippen LogP contribution in [0.1, 0.15) is 48.2 Å². The van der Waals surface area contributed by atoms with Crippen molar-refractivity contribution in [3.8, 4) is 11.1 Å². The zero-order valence-corrected chi connectivity index (χ0v) is 20.9. The first-order valence-electron chi connectivity index (χ1n) is 12.1. The number of benzene rings is 2. The van der Waals surface area contributed by atoms with Crippen molar-refractivity contribution in [1.29, 1.82) is 0 Å². The number of carboxylic acid groups (broad SMARTS) is 1. The summed E-state index contributed by atoms with van der Waals surface area (Å²) < 4.78 is 8.35. The van der Waals surface area contributed by atoms with E-state index >= 15 is 0 Å². The molecule has 4 rings (SSSR count). The van der Waals surface area contributed by atoms with E-state index in [1.54, 1.807) is 33.2 Å². The summed E-state index contributed by atoms with van der Waals surface area (Å²) in [5, 5.41) is 14.7. The van der Waals surface area contributed by atoms with E-state index in [1.165, 1.54) is 21.5 Å². The summed E-state index contributed by atoms with van der Waals surface area (Å²) in [7, 11) is 3.21. The number of ether oxygens (including phenoxy) is 1. The van der Waals surface area contributed by atoms with Crippen molar-refractivity contribution in [3.05, 3.63) is 76.1 Å². The van der Waals surface area contributed by atoms with Gasteiger partial charge in [-0.05, 0) is 42.5 Å². The van der Waals surface area contributed by atoms with Crippen LogP contribution in [0, 0.1) is 5.92 Å². The van der Waals surface area contributed by atoms with Crippen LogP contribution in [0.15, 0.2) is 59.4 Å². The molecule has 194 valence electrons. The van der Waals surface area contributed by atoms with Gasteiger partial charge >= 0.3 is 12.1 Å². The first kappa shape index (κ1) is 25.7. The molecule has 2 amide bonds. The second-order valence-corrected chi connectivity index (χ2v) is 9.28. The van der Waals surface area contributed by atoms with Crippen LogP contribution in [-0.4, -0.2) is 38.5 Å². The van der Waals surface area contributed by atoms with Crippen LogP contribution in [0.3, 0.4) is 0 Å². The average Bonchev–Trinajstić information content (AvgIpc) is 3.68. The van der Waals surface area contributed by atoms with Gasteiger partial charge in [-0.1, -0.05) is 55.3 Å². The second-order valence-electron chi connectivity index (χ2n) is 9.28. The van der Waals surface area contributed by atoms with Crippen molar-refractivity contribution in [3.63, 3.8) is 0 Å². The molecule has 3 N–H and O–H groups in total. The number of rotatable bonds is 9. The fraction of sp³-hybridized carbons (Fsp3) is 0.333. The van der Waals surface area contributed by atoms with Crippen LogP contribution >= 0.6 is 0 Å². The van der Waals surface area contributed by atoms with E-state index in [-0.39, 0.29) is 22.5 Å². The highest BCUT2D eigenvalue weighted by atomic mass is 16.6. The maximum atomic E-state index is 13.0. The topological polar surface area (TPSA) is 132 Å². The highest BCUT2D eigenvalue weighted by Gasteiger charge is 2.30. The molecule has 2 unspecified atom stereocenters. The largest absolute Gasteiger partial charge is 0.480 e. The molecule has 0 aliphatic heterocycles. The van der Waals surface area contributed by atoms with E-state index in [4.69, 9.17) is 4.74 Å². The van der Waals surface area contributed by atoms with Crippen molar-refractivity contribution in [2.75, 3.05) is 5.32 Å². The van der Waals surface area contributed by atoms with Gasteiger partial charge in [0.15, 0.2) is 0 Å². The zero-order valence-electron chi connectivity index (χ0n) is 20.9. The number of nitrogens with one attached hydrogen (secondary N) is 2. The Balaban J connectivity index is 1.51. The summed E-state index contributed by atoms with van der Waals surface area (Å²) in [4.78, 5) is 49.8. The third kappa shape index (κ3) is 5.91. The standard InChI is InChI=1S/C27H30N4O6/c1-16(18-7-5-4-6-8-18)37-27(36)29-23-22(25(33)31(3)30(23)2)19-11-13-20(14-12-19)24(32)28-21(26(34)35)15-17-9-10-17/h4-8,11-14,16-17,21H,9-10,15H2,1-3H3,(H,28,32)(H,29,36)(H,34,35). The molecule has 10 heteroatoms. The maximum absolute atomic E-state index is 13.0.